The molecule has 0 radical (unpaired) electrons. The van der Waals surface area contributed by atoms with Crippen LogP contribution in [0.1, 0.15) is 6.42 Å². The summed E-state index contributed by atoms with van der Waals surface area (Å²) in [5.41, 5.74) is -0.792. The van der Waals surface area contributed by atoms with Gasteiger partial charge in [-0.15, -0.1) is 0 Å². The van der Waals surface area contributed by atoms with Crippen molar-refractivity contribution in [3.8, 4) is 0 Å². The molecular weight excluding hydrogens is 312 g/mol. The van der Waals surface area contributed by atoms with Crippen LogP contribution in [0.2, 0.25) is 0 Å². The summed E-state index contributed by atoms with van der Waals surface area (Å²) in [4.78, 5) is 33.9. The minimum Gasteiger partial charge on any atom is -0.481 e. The second-order valence-corrected chi connectivity index (χ2v) is 6.95. The SMILES string of the molecule is Cn1c(=O)c(=O)n(C)c2cc(S(=O)(=O)CCC(=O)O)ccc21. The third kappa shape index (κ3) is 2.67. The molecule has 8 nitrogen and oxygen atoms in total. The maximum atomic E-state index is 12.1. The number of sulfone groups is 1. The summed E-state index contributed by atoms with van der Waals surface area (Å²) in [5.74, 6) is -1.74. The van der Waals surface area contributed by atoms with Crippen molar-refractivity contribution in [3.05, 3.63) is 38.9 Å². The average molecular weight is 326 g/mol. The van der Waals surface area contributed by atoms with Gasteiger partial charge in [0.05, 0.1) is 28.1 Å². The van der Waals surface area contributed by atoms with Gasteiger partial charge in [-0.05, 0) is 18.2 Å². The van der Waals surface area contributed by atoms with Crippen molar-refractivity contribution in [3.63, 3.8) is 0 Å². The van der Waals surface area contributed by atoms with Crippen LogP contribution in [0.25, 0.3) is 11.0 Å². The van der Waals surface area contributed by atoms with E-state index in [9.17, 15) is 22.8 Å². The number of aryl methyl sites for hydroxylation is 2. The van der Waals surface area contributed by atoms with E-state index in [1.807, 2.05) is 0 Å². The van der Waals surface area contributed by atoms with Crippen LogP contribution >= 0.6 is 0 Å². The molecule has 0 amide bonds. The molecule has 0 saturated heterocycles. The van der Waals surface area contributed by atoms with E-state index in [0.29, 0.717) is 5.52 Å². The van der Waals surface area contributed by atoms with Gasteiger partial charge in [-0.25, -0.2) is 8.42 Å². The molecule has 118 valence electrons. The number of nitrogens with zero attached hydrogens (tertiary/aromatic N) is 2. The van der Waals surface area contributed by atoms with Crippen molar-refractivity contribution in [2.45, 2.75) is 11.3 Å². The number of aliphatic carboxylic acids is 1. The third-order valence-corrected chi connectivity index (χ3v) is 5.12. The summed E-state index contributed by atoms with van der Waals surface area (Å²) in [6, 6.07) is 3.99. The van der Waals surface area contributed by atoms with Gasteiger partial charge >= 0.3 is 17.1 Å². The molecule has 0 bridgehead atoms. The van der Waals surface area contributed by atoms with Gasteiger partial charge in [-0.3, -0.25) is 14.4 Å². The Morgan fingerprint density at radius 2 is 1.64 bits per heavy atom. The zero-order valence-corrected chi connectivity index (χ0v) is 12.8. The first-order chi connectivity index (χ1) is 10.1. The fraction of sp³-hybridized carbons (Fsp3) is 0.308. The second-order valence-electron chi connectivity index (χ2n) is 4.84. The first-order valence-electron chi connectivity index (χ1n) is 6.29. The van der Waals surface area contributed by atoms with Crippen LogP contribution in [0.15, 0.2) is 32.7 Å². The molecule has 2 rings (SSSR count). The molecule has 0 saturated carbocycles. The minimum atomic E-state index is -3.78. The van der Waals surface area contributed by atoms with Gasteiger partial charge in [0.2, 0.25) is 0 Å². The first kappa shape index (κ1) is 16.0. The lowest BCUT2D eigenvalue weighted by atomic mass is 10.3. The first-order valence-corrected chi connectivity index (χ1v) is 7.94. The van der Waals surface area contributed by atoms with Gasteiger partial charge < -0.3 is 14.2 Å². The van der Waals surface area contributed by atoms with Crippen molar-refractivity contribution in [1.82, 2.24) is 9.13 Å². The summed E-state index contributed by atoms with van der Waals surface area (Å²) in [7, 11) is -0.987. The summed E-state index contributed by atoms with van der Waals surface area (Å²) in [5, 5.41) is 8.59. The Morgan fingerprint density at radius 1 is 1.09 bits per heavy atom. The number of hydrogen-bond acceptors (Lipinski definition) is 5. The Hall–Kier alpha value is -2.42. The quantitative estimate of drug-likeness (QED) is 0.756. The molecule has 9 heteroatoms. The van der Waals surface area contributed by atoms with Gasteiger partial charge in [-0.1, -0.05) is 0 Å². The summed E-state index contributed by atoms with van der Waals surface area (Å²) >= 11 is 0. The molecule has 1 aromatic carbocycles. The molecule has 2 aromatic rings. The van der Waals surface area contributed by atoms with E-state index in [1.54, 1.807) is 0 Å². The Balaban J connectivity index is 2.68. The number of carboxylic acid groups (broad SMARTS) is 1. The van der Waals surface area contributed by atoms with E-state index < -0.39 is 39.1 Å². The lowest BCUT2D eigenvalue weighted by molar-refractivity contribution is -0.136. The largest absolute Gasteiger partial charge is 0.481 e. The van der Waals surface area contributed by atoms with Crippen molar-refractivity contribution in [2.75, 3.05) is 5.75 Å². The molecule has 0 aliphatic rings. The maximum absolute atomic E-state index is 12.1. The van der Waals surface area contributed by atoms with Crippen LogP contribution in [0.5, 0.6) is 0 Å². The van der Waals surface area contributed by atoms with Crippen LogP contribution in [0.3, 0.4) is 0 Å². The predicted molar refractivity (Wildman–Crippen MR) is 78.7 cm³/mol. The molecule has 1 heterocycles. The molecule has 0 aliphatic heterocycles. The topological polar surface area (TPSA) is 115 Å². The number of benzene rings is 1. The van der Waals surface area contributed by atoms with Crippen molar-refractivity contribution in [1.29, 1.82) is 0 Å². The lowest BCUT2D eigenvalue weighted by Gasteiger charge is -2.10. The minimum absolute atomic E-state index is 0.0881. The fourth-order valence-corrected chi connectivity index (χ4v) is 3.34. The number of carbonyl (C=O) groups is 1. The normalized spacial score (nSPS) is 11.7. The van der Waals surface area contributed by atoms with Crippen LogP contribution in [0.4, 0.5) is 0 Å². The molecule has 0 spiro atoms. The molecule has 1 N–H and O–H groups in total. The highest BCUT2D eigenvalue weighted by Gasteiger charge is 2.18. The van der Waals surface area contributed by atoms with Gasteiger partial charge in [0.1, 0.15) is 0 Å². The number of hydrogen-bond donors (Lipinski definition) is 1. The summed E-state index contributed by atoms with van der Waals surface area (Å²) < 4.78 is 26.4. The van der Waals surface area contributed by atoms with E-state index in [2.05, 4.69) is 0 Å². The van der Waals surface area contributed by atoms with E-state index in [-0.39, 0.29) is 10.4 Å². The Morgan fingerprint density at radius 3 is 2.18 bits per heavy atom. The zero-order valence-electron chi connectivity index (χ0n) is 11.9. The molecule has 0 unspecified atom stereocenters. The molecule has 0 atom stereocenters. The van der Waals surface area contributed by atoms with Gasteiger partial charge in [0.15, 0.2) is 9.84 Å². The summed E-state index contributed by atoms with van der Waals surface area (Å²) in [6.07, 6.45) is -0.507. The standard InChI is InChI=1S/C13H14N2O6S/c1-14-9-4-3-8(22(20,21)6-5-11(16)17)7-10(9)15(2)13(19)12(14)18/h3-4,7H,5-6H2,1-2H3,(H,16,17). The van der Waals surface area contributed by atoms with Gasteiger partial charge in [0, 0.05) is 14.1 Å². The van der Waals surface area contributed by atoms with Crippen LogP contribution in [0, 0.1) is 0 Å². The van der Waals surface area contributed by atoms with E-state index in [0.717, 1.165) is 9.13 Å². The predicted octanol–water partition coefficient (Wildman–Crippen LogP) is -0.514. The Labute approximate surface area is 125 Å². The van der Waals surface area contributed by atoms with Gasteiger partial charge in [-0.2, -0.15) is 0 Å². The van der Waals surface area contributed by atoms with E-state index in [1.165, 1.54) is 32.3 Å². The van der Waals surface area contributed by atoms with Crippen molar-refractivity contribution in [2.24, 2.45) is 14.1 Å². The van der Waals surface area contributed by atoms with Crippen LogP contribution < -0.4 is 11.1 Å². The summed E-state index contributed by atoms with van der Waals surface area (Å²) in [6.45, 7) is 0. The van der Waals surface area contributed by atoms with Crippen molar-refractivity contribution >= 4 is 26.8 Å². The van der Waals surface area contributed by atoms with Crippen LogP contribution in [-0.2, 0) is 28.7 Å². The number of rotatable bonds is 4. The smallest absolute Gasteiger partial charge is 0.316 e. The fourth-order valence-electron chi connectivity index (χ4n) is 2.09. The molecular formula is C13H14N2O6S. The maximum Gasteiger partial charge on any atom is 0.316 e. The molecule has 0 fully saturated rings. The number of fused-ring (bicyclic) bond motifs is 1. The monoisotopic (exact) mass is 326 g/mol. The van der Waals surface area contributed by atoms with Crippen LogP contribution in [-0.4, -0.2) is 34.4 Å². The number of aromatic nitrogens is 2. The van der Waals surface area contributed by atoms with Gasteiger partial charge in [0.25, 0.3) is 0 Å². The Kier molecular flexibility index (Phi) is 3.92. The molecule has 1 aromatic heterocycles. The van der Waals surface area contributed by atoms with Crippen molar-refractivity contribution < 1.29 is 18.3 Å². The zero-order chi connectivity index (χ0) is 16.7. The van der Waals surface area contributed by atoms with E-state index in [4.69, 9.17) is 5.11 Å². The molecule has 0 aliphatic carbocycles. The Bertz CT molecular complexity index is 984. The second kappa shape index (κ2) is 5.41. The third-order valence-electron chi connectivity index (χ3n) is 3.41. The highest BCUT2D eigenvalue weighted by molar-refractivity contribution is 7.91. The lowest BCUT2D eigenvalue weighted by Crippen LogP contribution is -2.39. The number of carboxylic acids is 1. The molecule has 22 heavy (non-hydrogen) atoms. The average Bonchev–Trinajstić information content (AvgIpc) is 2.48. The highest BCUT2D eigenvalue weighted by Crippen LogP contribution is 2.18. The highest BCUT2D eigenvalue weighted by atomic mass is 32.2. The van der Waals surface area contributed by atoms with E-state index >= 15 is 0 Å².